The molecule has 0 unspecified atom stereocenters. The fraction of sp³-hybridized carbons (Fsp3) is 0. The molecule has 0 bridgehead atoms. The maximum Gasteiger partial charge on any atom is 0.291 e. The van der Waals surface area contributed by atoms with Gasteiger partial charge in [0.2, 0.25) is 15.2 Å². The maximum absolute atomic E-state index is 11.9. The van der Waals surface area contributed by atoms with Gasteiger partial charge in [0.05, 0.1) is 4.90 Å². The highest BCUT2D eigenvalue weighted by Crippen LogP contribution is 2.21. The average Bonchev–Trinajstić information content (AvgIpc) is 2.76. The number of primary sulfonamides is 1. The highest BCUT2D eigenvalue weighted by atomic mass is 32.2. The Hall–Kier alpha value is -1.76. The Morgan fingerprint density at radius 3 is 2.10 bits per heavy atom. The number of anilines is 2. The van der Waals surface area contributed by atoms with Gasteiger partial charge in [0.1, 0.15) is 0 Å². The topological polar surface area (TPSA) is 158 Å². The number of hydrogen-bond donors (Lipinski definition) is 3. The molecule has 0 amide bonds. The van der Waals surface area contributed by atoms with Crippen LogP contribution in [-0.2, 0) is 20.0 Å². The second-order valence-corrected chi connectivity index (χ2v) is 8.01. The average molecular weight is 335 g/mol. The first-order valence-electron chi connectivity index (χ1n) is 4.93. The molecule has 0 atom stereocenters. The van der Waals surface area contributed by atoms with E-state index in [1.165, 1.54) is 24.3 Å². The minimum Gasteiger partial charge on any atom is -0.374 e. The molecule has 2 rings (SSSR count). The number of nitrogen functional groups attached to an aromatic ring is 1. The van der Waals surface area contributed by atoms with Crippen molar-refractivity contribution in [1.29, 1.82) is 0 Å². The summed E-state index contributed by atoms with van der Waals surface area (Å²) in [7, 11) is -7.73. The number of sulfonamides is 2. The van der Waals surface area contributed by atoms with Crippen molar-refractivity contribution in [3.63, 3.8) is 0 Å². The zero-order chi connectivity index (χ0) is 15.0. The molecule has 5 N–H and O–H groups in total. The summed E-state index contributed by atoms with van der Waals surface area (Å²) in [6.07, 6.45) is 0. The van der Waals surface area contributed by atoms with Crippen LogP contribution in [0.15, 0.2) is 33.5 Å². The van der Waals surface area contributed by atoms with E-state index in [-0.39, 0.29) is 20.1 Å². The van der Waals surface area contributed by atoms with E-state index in [9.17, 15) is 16.8 Å². The Kier molecular flexibility index (Phi) is 3.64. The third kappa shape index (κ3) is 3.22. The predicted molar refractivity (Wildman–Crippen MR) is 72.9 cm³/mol. The lowest BCUT2D eigenvalue weighted by Crippen LogP contribution is -2.14. The van der Waals surface area contributed by atoms with Crippen LogP contribution in [0.4, 0.5) is 10.8 Å². The molecule has 9 nitrogen and oxygen atoms in total. The largest absolute Gasteiger partial charge is 0.374 e. The summed E-state index contributed by atoms with van der Waals surface area (Å²) in [4.78, 5) is -0.124. The Morgan fingerprint density at radius 2 is 1.65 bits per heavy atom. The number of nitrogens with zero attached hydrogens (tertiary/aromatic N) is 2. The number of rotatable bonds is 4. The number of nitrogens with one attached hydrogen (secondary N) is 1. The van der Waals surface area contributed by atoms with E-state index in [0.717, 1.165) is 0 Å². The van der Waals surface area contributed by atoms with Gasteiger partial charge in [-0.2, -0.15) is 8.42 Å². The van der Waals surface area contributed by atoms with Gasteiger partial charge in [-0.1, -0.05) is 11.3 Å². The molecule has 20 heavy (non-hydrogen) atoms. The molecule has 0 radical (unpaired) electrons. The molecule has 0 aliphatic rings. The fourth-order valence-corrected chi connectivity index (χ4v) is 3.60. The van der Waals surface area contributed by atoms with Crippen molar-refractivity contribution in [3.8, 4) is 0 Å². The number of aromatic nitrogens is 2. The van der Waals surface area contributed by atoms with Gasteiger partial charge in [-0.15, -0.1) is 10.2 Å². The molecule has 0 saturated heterocycles. The molecule has 1 heterocycles. The third-order valence-corrected chi connectivity index (χ3v) is 5.52. The molecule has 0 fully saturated rings. The molecule has 2 aromatic rings. The summed E-state index contributed by atoms with van der Waals surface area (Å²) in [5.41, 5.74) is 5.47. The minimum absolute atomic E-state index is 0.0231. The Morgan fingerprint density at radius 1 is 1.05 bits per heavy atom. The Balaban J connectivity index is 2.26. The standard InChI is InChI=1S/C8H9N5O4S3/c9-7-11-12-8(18-7)20(16,17)13-5-1-3-6(4-2-5)19(10,14)15/h1-4,13H,(H2,9,11)(H2,10,14,15). The second-order valence-electron chi connectivity index (χ2n) is 3.58. The van der Waals surface area contributed by atoms with Gasteiger partial charge in [-0.3, -0.25) is 4.72 Å². The first-order chi connectivity index (χ1) is 9.18. The molecular weight excluding hydrogens is 326 g/mol. The highest BCUT2D eigenvalue weighted by molar-refractivity contribution is 7.94. The molecule has 1 aromatic carbocycles. The van der Waals surface area contributed by atoms with Crippen molar-refractivity contribution < 1.29 is 16.8 Å². The lowest BCUT2D eigenvalue weighted by atomic mass is 10.3. The van der Waals surface area contributed by atoms with Gasteiger partial charge < -0.3 is 5.73 Å². The highest BCUT2D eigenvalue weighted by Gasteiger charge is 2.19. The van der Waals surface area contributed by atoms with Gasteiger partial charge in [0, 0.05) is 5.69 Å². The number of nitrogens with two attached hydrogens (primary N) is 2. The molecule has 0 aliphatic heterocycles. The SMILES string of the molecule is Nc1nnc(S(=O)(=O)Nc2ccc(S(N)(=O)=O)cc2)s1. The van der Waals surface area contributed by atoms with Crippen molar-refractivity contribution in [2.75, 3.05) is 10.5 Å². The van der Waals surface area contributed by atoms with E-state index in [0.29, 0.717) is 11.3 Å². The molecule has 108 valence electrons. The van der Waals surface area contributed by atoms with Crippen LogP contribution >= 0.6 is 11.3 Å². The number of benzene rings is 1. The van der Waals surface area contributed by atoms with Crippen LogP contribution in [0.3, 0.4) is 0 Å². The molecule has 0 saturated carbocycles. The van der Waals surface area contributed by atoms with Crippen molar-refractivity contribution in [2.45, 2.75) is 9.24 Å². The van der Waals surface area contributed by atoms with Crippen molar-refractivity contribution in [2.24, 2.45) is 5.14 Å². The van der Waals surface area contributed by atoms with Crippen LogP contribution in [0.1, 0.15) is 0 Å². The zero-order valence-electron chi connectivity index (χ0n) is 9.72. The molecular formula is C8H9N5O4S3. The van der Waals surface area contributed by atoms with Crippen LogP contribution in [-0.4, -0.2) is 27.0 Å². The minimum atomic E-state index is -3.91. The quantitative estimate of drug-likeness (QED) is 0.683. The van der Waals surface area contributed by atoms with Gasteiger partial charge in [-0.25, -0.2) is 13.6 Å². The first kappa shape index (κ1) is 14.6. The van der Waals surface area contributed by atoms with Crippen LogP contribution < -0.4 is 15.6 Å². The van der Waals surface area contributed by atoms with E-state index >= 15 is 0 Å². The van der Waals surface area contributed by atoms with Gasteiger partial charge in [0.25, 0.3) is 14.4 Å². The summed E-state index contributed by atoms with van der Waals surface area (Å²) in [6, 6.07) is 4.90. The Bertz CT molecular complexity index is 825. The monoisotopic (exact) mass is 335 g/mol. The zero-order valence-corrected chi connectivity index (χ0v) is 12.2. The van der Waals surface area contributed by atoms with E-state index in [1.54, 1.807) is 0 Å². The lowest BCUT2D eigenvalue weighted by molar-refractivity contribution is 0.597. The van der Waals surface area contributed by atoms with Gasteiger partial charge in [0.15, 0.2) is 0 Å². The fourth-order valence-electron chi connectivity index (χ4n) is 1.24. The third-order valence-electron chi connectivity index (χ3n) is 2.09. The van der Waals surface area contributed by atoms with Crippen LogP contribution in [0, 0.1) is 0 Å². The summed E-state index contributed by atoms with van der Waals surface area (Å²) in [5.74, 6) is 0. The first-order valence-corrected chi connectivity index (χ1v) is 8.78. The molecule has 1 aromatic heterocycles. The molecule has 0 spiro atoms. The van der Waals surface area contributed by atoms with Crippen LogP contribution in [0.25, 0.3) is 0 Å². The van der Waals surface area contributed by atoms with Gasteiger partial charge in [-0.05, 0) is 24.3 Å². The normalized spacial score (nSPS) is 12.2. The summed E-state index contributed by atoms with van der Waals surface area (Å²) >= 11 is 0.711. The Labute approximate surface area is 118 Å². The molecule has 12 heteroatoms. The van der Waals surface area contributed by atoms with E-state index in [4.69, 9.17) is 10.9 Å². The van der Waals surface area contributed by atoms with Crippen molar-refractivity contribution in [3.05, 3.63) is 24.3 Å². The van der Waals surface area contributed by atoms with Gasteiger partial charge >= 0.3 is 0 Å². The summed E-state index contributed by atoms with van der Waals surface area (Å²) in [6.45, 7) is 0. The predicted octanol–water partition coefficient (Wildman–Crippen LogP) is -0.432. The summed E-state index contributed by atoms with van der Waals surface area (Å²) in [5, 5.41) is 11.8. The smallest absolute Gasteiger partial charge is 0.291 e. The van der Waals surface area contributed by atoms with Crippen LogP contribution in [0.2, 0.25) is 0 Å². The van der Waals surface area contributed by atoms with E-state index in [2.05, 4.69) is 14.9 Å². The second kappa shape index (κ2) is 4.97. The number of hydrogen-bond acceptors (Lipinski definition) is 8. The maximum atomic E-state index is 11.9. The van der Waals surface area contributed by atoms with Crippen molar-refractivity contribution in [1.82, 2.24) is 10.2 Å². The van der Waals surface area contributed by atoms with Crippen molar-refractivity contribution >= 4 is 42.2 Å². The summed E-state index contributed by atoms with van der Waals surface area (Å²) < 4.78 is 47.8. The van der Waals surface area contributed by atoms with E-state index in [1.807, 2.05) is 0 Å². The lowest BCUT2D eigenvalue weighted by Gasteiger charge is -2.05. The van der Waals surface area contributed by atoms with Crippen LogP contribution in [0.5, 0.6) is 0 Å². The molecule has 0 aliphatic carbocycles. The van der Waals surface area contributed by atoms with E-state index < -0.39 is 20.0 Å².